The predicted octanol–water partition coefficient (Wildman–Crippen LogP) is 3.27. The van der Waals surface area contributed by atoms with E-state index < -0.39 is 0 Å². The molecule has 1 N–H and O–H groups in total. The number of nitrogens with one attached hydrogen (secondary N) is 1. The summed E-state index contributed by atoms with van der Waals surface area (Å²) < 4.78 is 0. The topological polar surface area (TPSA) is 32.9 Å². The monoisotopic (exact) mass is 233 g/mol. The highest BCUT2D eigenvalue weighted by Gasteiger charge is 2.04. The first-order chi connectivity index (χ1) is 7.81. The van der Waals surface area contributed by atoms with Gasteiger partial charge in [0.2, 0.25) is 0 Å². The van der Waals surface area contributed by atoms with Crippen molar-refractivity contribution in [3.63, 3.8) is 0 Å². The van der Waals surface area contributed by atoms with E-state index in [0.29, 0.717) is 0 Å². The molecule has 3 heteroatoms. The minimum atomic E-state index is 0.729. The third-order valence-corrected chi connectivity index (χ3v) is 2.98. The Hall–Kier alpha value is -1.54. The largest absolute Gasteiger partial charge is 0.367 e. The molecule has 1 heterocycles. The normalized spacial score (nSPS) is 10.3. The number of rotatable bonds is 4. The van der Waals surface area contributed by atoms with Crippen LogP contribution in [0.3, 0.4) is 0 Å². The number of hydrogen-bond donors (Lipinski definition) is 1. The first-order valence-corrected chi connectivity index (χ1v) is 5.53. The molecule has 0 fully saturated rings. The number of benzene rings is 1. The van der Waals surface area contributed by atoms with Crippen molar-refractivity contribution in [1.29, 1.82) is 0 Å². The molecule has 2 nitrogen and oxygen atoms in total. The molecule has 2 rings (SSSR count). The van der Waals surface area contributed by atoms with Crippen molar-refractivity contribution in [3.8, 4) is 0 Å². The van der Waals surface area contributed by atoms with Gasteiger partial charge in [-0.1, -0.05) is 29.8 Å². The van der Waals surface area contributed by atoms with E-state index in [1.807, 2.05) is 30.5 Å². The van der Waals surface area contributed by atoms with E-state index >= 15 is 0 Å². The minimum absolute atomic E-state index is 0.729. The highest BCUT2D eigenvalue weighted by atomic mass is 35.5. The number of aldehydes is 1. The van der Waals surface area contributed by atoms with Crippen LogP contribution in [0.4, 0.5) is 0 Å². The molecular weight excluding hydrogens is 222 g/mol. The van der Waals surface area contributed by atoms with Gasteiger partial charge in [0.25, 0.3) is 0 Å². The van der Waals surface area contributed by atoms with Crippen LogP contribution in [0.5, 0.6) is 0 Å². The van der Waals surface area contributed by atoms with Gasteiger partial charge in [-0.2, -0.15) is 0 Å². The molecule has 0 bridgehead atoms. The Bertz CT molecular complexity index is 490. The summed E-state index contributed by atoms with van der Waals surface area (Å²) in [6.45, 7) is 0. The maximum absolute atomic E-state index is 10.7. The van der Waals surface area contributed by atoms with Gasteiger partial charge in [-0.25, -0.2) is 0 Å². The highest BCUT2D eigenvalue weighted by Crippen LogP contribution is 2.18. The van der Waals surface area contributed by atoms with Gasteiger partial charge in [0.15, 0.2) is 6.29 Å². The van der Waals surface area contributed by atoms with Gasteiger partial charge in [-0.3, -0.25) is 4.79 Å². The molecule has 1 aromatic carbocycles. The molecular formula is C13H12ClNO. The van der Waals surface area contributed by atoms with Crippen molar-refractivity contribution in [2.75, 3.05) is 0 Å². The van der Waals surface area contributed by atoms with Gasteiger partial charge >= 0.3 is 0 Å². The average molecular weight is 234 g/mol. The van der Waals surface area contributed by atoms with Crippen molar-refractivity contribution in [1.82, 2.24) is 4.98 Å². The molecule has 82 valence electrons. The molecule has 0 saturated carbocycles. The summed E-state index contributed by atoms with van der Waals surface area (Å²) in [7, 11) is 0. The van der Waals surface area contributed by atoms with Crippen LogP contribution in [0.15, 0.2) is 36.7 Å². The summed E-state index contributed by atoms with van der Waals surface area (Å²) in [5.74, 6) is 0. The van der Waals surface area contributed by atoms with E-state index in [9.17, 15) is 4.79 Å². The lowest BCUT2D eigenvalue weighted by Gasteiger charge is -2.03. The molecule has 0 atom stereocenters. The van der Waals surface area contributed by atoms with E-state index in [1.54, 1.807) is 6.20 Å². The Morgan fingerprint density at radius 2 is 1.88 bits per heavy atom. The molecule has 0 spiro atoms. The van der Waals surface area contributed by atoms with E-state index in [0.717, 1.165) is 40.8 Å². The standard InChI is InChI=1S/C13H12ClNO/c14-13-4-2-1-3-10(13)5-6-11-7-15-8-12(11)9-16/h1-4,7-9,15H,5-6H2. The van der Waals surface area contributed by atoms with Crippen LogP contribution in [0.2, 0.25) is 5.02 Å². The highest BCUT2D eigenvalue weighted by molar-refractivity contribution is 6.31. The Kier molecular flexibility index (Phi) is 3.42. The Morgan fingerprint density at radius 3 is 2.62 bits per heavy atom. The van der Waals surface area contributed by atoms with Crippen LogP contribution in [-0.2, 0) is 12.8 Å². The number of aryl methyl sites for hydroxylation is 2. The van der Waals surface area contributed by atoms with E-state index in [-0.39, 0.29) is 0 Å². The van der Waals surface area contributed by atoms with Gasteiger partial charge in [-0.15, -0.1) is 0 Å². The van der Waals surface area contributed by atoms with Gasteiger partial charge < -0.3 is 4.98 Å². The average Bonchev–Trinajstić information content (AvgIpc) is 2.75. The van der Waals surface area contributed by atoms with Crippen LogP contribution >= 0.6 is 11.6 Å². The second-order valence-electron chi connectivity index (χ2n) is 3.65. The Morgan fingerprint density at radius 1 is 1.12 bits per heavy atom. The first kappa shape index (κ1) is 11.0. The maximum atomic E-state index is 10.7. The molecule has 16 heavy (non-hydrogen) atoms. The number of aromatic amines is 1. The molecule has 0 saturated heterocycles. The zero-order chi connectivity index (χ0) is 11.4. The number of halogens is 1. The molecule has 1 aromatic heterocycles. The minimum Gasteiger partial charge on any atom is -0.367 e. The SMILES string of the molecule is O=Cc1c[nH]cc1CCc1ccccc1Cl. The Balaban J connectivity index is 2.08. The van der Waals surface area contributed by atoms with Gasteiger partial charge in [-0.05, 0) is 30.0 Å². The summed E-state index contributed by atoms with van der Waals surface area (Å²) in [5, 5.41) is 0.783. The zero-order valence-electron chi connectivity index (χ0n) is 8.74. The second kappa shape index (κ2) is 4.99. The lowest BCUT2D eigenvalue weighted by atomic mass is 10.0. The van der Waals surface area contributed by atoms with Crippen LogP contribution in [-0.4, -0.2) is 11.3 Å². The number of carbonyl (C=O) groups excluding carboxylic acids is 1. The summed E-state index contributed by atoms with van der Waals surface area (Å²) in [6.07, 6.45) is 6.12. The van der Waals surface area contributed by atoms with E-state index in [4.69, 9.17) is 11.6 Å². The number of carbonyl (C=O) groups is 1. The lowest BCUT2D eigenvalue weighted by molar-refractivity contribution is 0.112. The molecule has 0 unspecified atom stereocenters. The number of H-pyrrole nitrogens is 1. The van der Waals surface area contributed by atoms with Crippen molar-refractivity contribution < 1.29 is 4.79 Å². The van der Waals surface area contributed by atoms with E-state index in [1.165, 1.54) is 0 Å². The summed E-state index contributed by atoms with van der Waals surface area (Å²) >= 11 is 6.06. The summed E-state index contributed by atoms with van der Waals surface area (Å²) in [4.78, 5) is 13.7. The third kappa shape index (κ3) is 2.34. The van der Waals surface area contributed by atoms with Crippen LogP contribution in [0.1, 0.15) is 21.5 Å². The lowest BCUT2D eigenvalue weighted by Crippen LogP contribution is -1.93. The molecule has 0 radical (unpaired) electrons. The van der Waals surface area contributed by atoms with Crippen molar-refractivity contribution in [2.24, 2.45) is 0 Å². The summed E-state index contributed by atoms with van der Waals surface area (Å²) in [5.41, 5.74) is 2.88. The first-order valence-electron chi connectivity index (χ1n) is 5.15. The quantitative estimate of drug-likeness (QED) is 0.808. The number of hydrogen-bond acceptors (Lipinski definition) is 1. The van der Waals surface area contributed by atoms with Crippen LogP contribution < -0.4 is 0 Å². The molecule has 0 aliphatic heterocycles. The molecule has 0 amide bonds. The van der Waals surface area contributed by atoms with Crippen molar-refractivity contribution in [3.05, 3.63) is 58.4 Å². The third-order valence-electron chi connectivity index (χ3n) is 2.62. The van der Waals surface area contributed by atoms with Crippen molar-refractivity contribution in [2.45, 2.75) is 12.8 Å². The van der Waals surface area contributed by atoms with Gasteiger partial charge in [0, 0.05) is 23.0 Å². The molecule has 2 aromatic rings. The molecule has 0 aliphatic rings. The van der Waals surface area contributed by atoms with Gasteiger partial charge in [0.05, 0.1) is 0 Å². The second-order valence-corrected chi connectivity index (χ2v) is 4.05. The zero-order valence-corrected chi connectivity index (χ0v) is 9.50. The van der Waals surface area contributed by atoms with Gasteiger partial charge in [0.1, 0.15) is 0 Å². The predicted molar refractivity (Wildman–Crippen MR) is 65.0 cm³/mol. The fraction of sp³-hybridized carbons (Fsp3) is 0.154. The van der Waals surface area contributed by atoms with Crippen molar-refractivity contribution >= 4 is 17.9 Å². The van der Waals surface area contributed by atoms with Crippen LogP contribution in [0.25, 0.3) is 0 Å². The van der Waals surface area contributed by atoms with E-state index in [2.05, 4.69) is 4.98 Å². The summed E-state index contributed by atoms with van der Waals surface area (Å²) in [6, 6.07) is 7.78. The van der Waals surface area contributed by atoms with Crippen LogP contribution in [0, 0.1) is 0 Å². The smallest absolute Gasteiger partial charge is 0.151 e. The maximum Gasteiger partial charge on any atom is 0.151 e. The molecule has 0 aliphatic carbocycles. The Labute approximate surface area is 99.3 Å². The number of aromatic nitrogens is 1. The fourth-order valence-electron chi connectivity index (χ4n) is 1.70. The fourth-order valence-corrected chi connectivity index (χ4v) is 1.93.